The topological polar surface area (TPSA) is 192 Å². The second-order valence-electron chi connectivity index (χ2n) is 12.0. The first-order valence-electron chi connectivity index (χ1n) is 15.6. The molecule has 2 aliphatic rings. The van der Waals surface area contributed by atoms with Gasteiger partial charge < -0.3 is 25.6 Å². The van der Waals surface area contributed by atoms with Gasteiger partial charge in [-0.05, 0) is 60.7 Å². The van der Waals surface area contributed by atoms with Crippen LogP contribution in [0.2, 0.25) is 0 Å². The van der Waals surface area contributed by atoms with E-state index >= 15 is 0 Å². The first-order chi connectivity index (χ1) is 24.8. The molecule has 0 bridgehead atoms. The van der Waals surface area contributed by atoms with Crippen molar-refractivity contribution in [2.24, 2.45) is 11.7 Å². The number of nitrogens with two attached hydrogens (primary N) is 1. The first-order valence-corrected chi connectivity index (χ1v) is 15.6. The van der Waals surface area contributed by atoms with Crippen LogP contribution >= 0.6 is 0 Å². The number of carbonyl (C=O) groups is 4. The van der Waals surface area contributed by atoms with Gasteiger partial charge in [0.25, 0.3) is 0 Å². The molecular weight excluding hydrogens is 718 g/mol. The van der Waals surface area contributed by atoms with Crippen molar-refractivity contribution in [1.29, 1.82) is 0 Å². The smallest absolute Gasteiger partial charge is 0.489 e. The first kappa shape index (κ1) is 40.0. The van der Waals surface area contributed by atoms with Crippen LogP contribution in [0.5, 0.6) is 5.75 Å². The maximum Gasteiger partial charge on any atom is 0.490 e. The average Bonchev–Trinajstić information content (AvgIpc) is 3.63. The molecule has 282 valence electrons. The van der Waals surface area contributed by atoms with Gasteiger partial charge in [-0.15, -0.1) is 0 Å². The summed E-state index contributed by atoms with van der Waals surface area (Å²) in [7, 11) is 0. The summed E-state index contributed by atoms with van der Waals surface area (Å²) in [6, 6.07) is 24.6. The highest BCUT2D eigenvalue weighted by atomic mass is 19.4. The molecule has 3 atom stereocenters. The van der Waals surface area contributed by atoms with Crippen LogP contribution in [0.15, 0.2) is 78.9 Å². The van der Waals surface area contributed by atoms with Crippen molar-refractivity contribution < 1.29 is 65.7 Å². The fourth-order valence-electron chi connectivity index (χ4n) is 6.10. The number of aryl methyl sites for hydroxylation is 1. The highest BCUT2D eigenvalue weighted by Gasteiger charge is 2.51. The van der Waals surface area contributed by atoms with E-state index in [2.05, 4.69) is 4.98 Å². The Kier molecular flexibility index (Phi) is 12.0. The van der Waals surface area contributed by atoms with Gasteiger partial charge in [0, 0.05) is 23.2 Å². The Morgan fingerprint density at radius 3 is 2.09 bits per heavy atom. The molecule has 6 N–H and O–H groups in total. The lowest BCUT2D eigenvalue weighted by atomic mass is 9.89. The predicted molar refractivity (Wildman–Crippen MR) is 173 cm³/mol. The number of likely N-dealkylation sites (tertiary alicyclic amines) is 1. The van der Waals surface area contributed by atoms with Gasteiger partial charge in [0.2, 0.25) is 11.8 Å². The monoisotopic (exact) mass is 750 g/mol. The third-order valence-corrected chi connectivity index (χ3v) is 8.55. The van der Waals surface area contributed by atoms with Crippen LogP contribution in [0.25, 0.3) is 10.9 Å². The second-order valence-corrected chi connectivity index (χ2v) is 12.0. The van der Waals surface area contributed by atoms with Crippen molar-refractivity contribution >= 4 is 34.7 Å². The van der Waals surface area contributed by atoms with E-state index in [1.165, 1.54) is 0 Å². The van der Waals surface area contributed by atoms with Gasteiger partial charge in [0.1, 0.15) is 17.9 Å². The average molecular weight is 751 g/mol. The standard InChI is InChI=1S/C31H30N4O4.2C2HF3O2/c1-19-16-21(24-7-4-5-9-27(24)33-19)18-39-23-12-10-22(11-13-23)31(32)14-15-35(30(31)37)28-25-8-3-2-6-20(25)17-26(28)29(36)34-38;2*3-2(4,5)1(6)7/h2-13,16,26,28,38H,14-15,17-18,32H2,1H3,(H,34,36);2*(H,6,7)/t26-,28+,31-;;/m0../s1. The molecule has 3 aromatic carbocycles. The van der Waals surface area contributed by atoms with Gasteiger partial charge in [-0.2, -0.15) is 26.3 Å². The number of carboxylic acid groups (broad SMARTS) is 2. The van der Waals surface area contributed by atoms with Gasteiger partial charge in [-0.25, -0.2) is 15.1 Å². The minimum Gasteiger partial charge on any atom is -0.489 e. The number of carboxylic acids is 2. The van der Waals surface area contributed by atoms with Crippen molar-refractivity contribution in [3.05, 3.63) is 107 Å². The van der Waals surface area contributed by atoms with E-state index in [9.17, 15) is 41.1 Å². The molecule has 53 heavy (non-hydrogen) atoms. The molecule has 1 fully saturated rings. The lowest BCUT2D eigenvalue weighted by Crippen LogP contribution is -2.47. The zero-order valence-electron chi connectivity index (χ0n) is 27.6. The number of aliphatic carboxylic acids is 2. The van der Waals surface area contributed by atoms with Crippen molar-refractivity contribution in [3.8, 4) is 5.75 Å². The van der Waals surface area contributed by atoms with Crippen molar-refractivity contribution in [2.75, 3.05) is 6.54 Å². The Morgan fingerprint density at radius 2 is 1.51 bits per heavy atom. The zero-order chi connectivity index (χ0) is 39.3. The summed E-state index contributed by atoms with van der Waals surface area (Å²) in [6.07, 6.45) is -9.30. The number of fused-ring (bicyclic) bond motifs is 2. The quantitative estimate of drug-likeness (QED) is 0.0995. The van der Waals surface area contributed by atoms with E-state index in [-0.39, 0.29) is 5.91 Å². The van der Waals surface area contributed by atoms with Crippen molar-refractivity contribution in [1.82, 2.24) is 15.4 Å². The van der Waals surface area contributed by atoms with Crippen LogP contribution in [0.4, 0.5) is 26.3 Å². The predicted octanol–water partition coefficient (Wildman–Crippen LogP) is 5.19. The fraction of sp³-hybridized carbons (Fsp3) is 0.286. The van der Waals surface area contributed by atoms with Crippen LogP contribution in [-0.2, 0) is 37.7 Å². The molecule has 1 aromatic heterocycles. The number of alkyl halides is 6. The molecule has 0 unspecified atom stereocenters. The lowest BCUT2D eigenvalue weighted by molar-refractivity contribution is -0.193. The summed E-state index contributed by atoms with van der Waals surface area (Å²) in [5.74, 6) is -6.15. The zero-order valence-corrected chi connectivity index (χ0v) is 27.6. The molecule has 2 amide bonds. The number of halogens is 6. The van der Waals surface area contributed by atoms with E-state index in [1.807, 2.05) is 85.8 Å². The SMILES string of the molecule is Cc1cc(COc2ccc([C@@]3(N)CCN([C@@H]4c5ccccc5C[C@@H]4C(=O)NO)C3=O)cc2)c2ccccc2n1.O=C(O)C(F)(F)F.O=C(O)C(F)(F)F. The number of hydrogen-bond donors (Lipinski definition) is 5. The molecule has 1 aliphatic carbocycles. The Bertz CT molecular complexity index is 1970. The summed E-state index contributed by atoms with van der Waals surface area (Å²) in [5, 5.41) is 24.7. The van der Waals surface area contributed by atoms with E-state index in [4.69, 9.17) is 30.3 Å². The molecule has 6 rings (SSSR count). The Balaban J connectivity index is 0.000000381. The molecule has 0 saturated carbocycles. The number of nitrogens with one attached hydrogen (secondary N) is 1. The van der Waals surface area contributed by atoms with Crippen LogP contribution < -0.4 is 16.0 Å². The third kappa shape index (κ3) is 9.19. The van der Waals surface area contributed by atoms with Crippen LogP contribution in [0, 0.1) is 12.8 Å². The molecule has 2 heterocycles. The second kappa shape index (κ2) is 15.9. The number of ether oxygens (including phenoxy) is 1. The number of rotatable bonds is 6. The maximum absolute atomic E-state index is 13.8. The summed E-state index contributed by atoms with van der Waals surface area (Å²) in [4.78, 5) is 50.4. The lowest BCUT2D eigenvalue weighted by Gasteiger charge is -2.31. The minimum absolute atomic E-state index is 0.229. The largest absolute Gasteiger partial charge is 0.490 e. The van der Waals surface area contributed by atoms with Gasteiger partial charge >= 0.3 is 24.3 Å². The Hall–Kier alpha value is -5.75. The number of aromatic nitrogens is 1. The normalized spacial score (nSPS) is 19.3. The highest BCUT2D eigenvalue weighted by molar-refractivity contribution is 5.91. The number of amides is 2. The summed E-state index contributed by atoms with van der Waals surface area (Å²) in [6.45, 7) is 2.77. The molecule has 1 saturated heterocycles. The molecule has 12 nitrogen and oxygen atoms in total. The Labute approximate surface area is 296 Å². The highest BCUT2D eigenvalue weighted by Crippen LogP contribution is 2.45. The van der Waals surface area contributed by atoms with Crippen molar-refractivity contribution in [2.45, 2.75) is 50.3 Å². The summed E-state index contributed by atoms with van der Waals surface area (Å²) < 4.78 is 69.6. The number of hydroxylamine groups is 1. The fourth-order valence-corrected chi connectivity index (χ4v) is 6.10. The number of hydrogen-bond acceptors (Lipinski definition) is 8. The Morgan fingerprint density at radius 1 is 0.943 bits per heavy atom. The molecule has 18 heteroatoms. The number of benzene rings is 3. The van der Waals surface area contributed by atoms with E-state index in [0.717, 1.165) is 33.3 Å². The third-order valence-electron chi connectivity index (χ3n) is 8.55. The van der Waals surface area contributed by atoms with Crippen LogP contribution in [0.1, 0.15) is 40.4 Å². The molecule has 4 aromatic rings. The van der Waals surface area contributed by atoms with E-state index in [1.54, 1.807) is 10.4 Å². The number of nitrogens with zero attached hydrogens (tertiary/aromatic N) is 2. The van der Waals surface area contributed by atoms with Gasteiger partial charge in [-0.3, -0.25) is 19.8 Å². The van der Waals surface area contributed by atoms with Gasteiger partial charge in [-0.1, -0.05) is 54.6 Å². The van der Waals surface area contributed by atoms with Gasteiger partial charge in [0.05, 0.1) is 17.5 Å². The number of carbonyl (C=O) groups excluding carboxylic acids is 2. The molecular formula is C35H32F6N4O8. The molecule has 1 aliphatic heterocycles. The van der Waals surface area contributed by atoms with Crippen LogP contribution in [0.3, 0.4) is 0 Å². The number of pyridine rings is 1. The van der Waals surface area contributed by atoms with Crippen molar-refractivity contribution in [3.63, 3.8) is 0 Å². The molecule has 0 spiro atoms. The minimum atomic E-state index is -5.08. The maximum atomic E-state index is 13.8. The summed E-state index contributed by atoms with van der Waals surface area (Å²) >= 11 is 0. The van der Waals surface area contributed by atoms with E-state index in [0.29, 0.717) is 37.3 Å². The van der Waals surface area contributed by atoms with Crippen LogP contribution in [-0.4, -0.2) is 68.0 Å². The summed E-state index contributed by atoms with van der Waals surface area (Å²) in [5.41, 5.74) is 12.9. The number of para-hydroxylation sites is 1. The molecule has 0 radical (unpaired) electrons. The van der Waals surface area contributed by atoms with Gasteiger partial charge in [0.15, 0.2) is 0 Å². The van der Waals surface area contributed by atoms with E-state index < -0.39 is 47.7 Å².